The number of hydrogen-bond donors (Lipinski definition) is 7. The van der Waals surface area contributed by atoms with Gasteiger partial charge in [-0.05, 0) is 67.8 Å². The van der Waals surface area contributed by atoms with Crippen molar-refractivity contribution in [1.29, 1.82) is 0 Å². The van der Waals surface area contributed by atoms with Crippen LogP contribution in [0.4, 0.5) is 11.4 Å². The molecule has 3 amide bonds. The third kappa shape index (κ3) is 7.86. The number of piperazine rings is 1. The van der Waals surface area contributed by atoms with Crippen LogP contribution in [0, 0.1) is 0 Å². The van der Waals surface area contributed by atoms with Crippen LogP contribution in [0.15, 0.2) is 58.5 Å². The maximum atomic E-state index is 13.8. The van der Waals surface area contributed by atoms with Crippen LogP contribution in [0.1, 0.15) is 40.0 Å². The Morgan fingerprint density at radius 1 is 0.841 bits per heavy atom. The van der Waals surface area contributed by atoms with E-state index in [-0.39, 0.29) is 55.9 Å². The molecule has 1 unspecified atom stereocenters. The molecule has 1 heterocycles. The number of nitrogens with one attached hydrogen (secondary N) is 1. The Labute approximate surface area is 252 Å². The molecule has 1 aliphatic heterocycles. The average molecular weight is 609 g/mol. The van der Waals surface area contributed by atoms with Crippen LogP contribution in [0.5, 0.6) is 0 Å². The molecular formula is C28H36N10O6. The predicted octanol–water partition coefficient (Wildman–Crippen LogP) is -1.27. The number of aliphatic imine (C=N–C) groups is 2. The van der Waals surface area contributed by atoms with Gasteiger partial charge in [-0.15, -0.1) is 0 Å². The summed E-state index contributed by atoms with van der Waals surface area (Å²) in [6.45, 7) is -1.22. The quantitative estimate of drug-likeness (QED) is 0.0609. The molecule has 44 heavy (non-hydrogen) atoms. The Balaban J connectivity index is 1.80. The summed E-state index contributed by atoms with van der Waals surface area (Å²) in [5, 5.41) is 12.1. The van der Waals surface area contributed by atoms with Gasteiger partial charge in [-0.1, -0.05) is 0 Å². The summed E-state index contributed by atoms with van der Waals surface area (Å²) in [5.74, 6) is -4.09. The van der Waals surface area contributed by atoms with Crippen molar-refractivity contribution in [2.75, 3.05) is 32.7 Å². The number of hydrogen-bond acceptors (Lipinski definition) is 8. The molecule has 1 saturated heterocycles. The molecule has 0 aliphatic carbocycles. The van der Waals surface area contributed by atoms with Gasteiger partial charge in [-0.25, -0.2) is 9.98 Å². The summed E-state index contributed by atoms with van der Waals surface area (Å²) in [5.41, 5.74) is 26.6. The van der Waals surface area contributed by atoms with E-state index in [1.54, 1.807) is 24.3 Å². The fourth-order valence-corrected chi connectivity index (χ4v) is 4.93. The number of carbonyl (C=O) groups is 5. The molecule has 12 N–H and O–H groups in total. The van der Waals surface area contributed by atoms with Gasteiger partial charge >= 0.3 is 5.97 Å². The third-order valence-electron chi connectivity index (χ3n) is 6.92. The molecule has 2 aromatic rings. The second-order valence-electron chi connectivity index (χ2n) is 9.94. The molecule has 0 spiro atoms. The van der Waals surface area contributed by atoms with E-state index in [4.69, 9.17) is 28.7 Å². The first-order valence-corrected chi connectivity index (χ1v) is 13.6. The van der Waals surface area contributed by atoms with Crippen LogP contribution >= 0.6 is 0 Å². The summed E-state index contributed by atoms with van der Waals surface area (Å²) < 4.78 is 0. The topological polar surface area (TPSA) is 279 Å². The van der Waals surface area contributed by atoms with Crippen molar-refractivity contribution in [3.63, 3.8) is 0 Å². The smallest absolute Gasteiger partial charge is 0.323 e. The van der Waals surface area contributed by atoms with E-state index in [1.807, 2.05) is 0 Å². The number of amides is 3. The van der Waals surface area contributed by atoms with E-state index in [1.165, 1.54) is 24.3 Å². The highest BCUT2D eigenvalue weighted by Crippen LogP contribution is 2.32. The highest BCUT2D eigenvalue weighted by Gasteiger charge is 2.55. The number of ketones is 1. The zero-order valence-corrected chi connectivity index (χ0v) is 23.9. The lowest BCUT2D eigenvalue weighted by molar-refractivity contribution is -0.160. The molecule has 3 rings (SSSR count). The monoisotopic (exact) mass is 608 g/mol. The number of carboxylic acids is 1. The van der Waals surface area contributed by atoms with Crippen LogP contribution < -0.4 is 34.0 Å². The largest absolute Gasteiger partial charge is 0.480 e. The number of guanidine groups is 2. The van der Waals surface area contributed by atoms with E-state index < -0.39 is 42.2 Å². The predicted molar refractivity (Wildman–Crippen MR) is 162 cm³/mol. The van der Waals surface area contributed by atoms with Gasteiger partial charge in [0.2, 0.25) is 0 Å². The summed E-state index contributed by atoms with van der Waals surface area (Å²) in [6, 6.07) is 12.2. The summed E-state index contributed by atoms with van der Waals surface area (Å²) in [6.07, 6.45) is 0.410. The van der Waals surface area contributed by atoms with Crippen molar-refractivity contribution in [2.24, 2.45) is 38.7 Å². The lowest BCUT2D eigenvalue weighted by atomic mass is 9.81. The number of unbranched alkanes of at least 4 members (excludes halogenated alkanes) is 1. The van der Waals surface area contributed by atoms with Crippen molar-refractivity contribution in [3.8, 4) is 0 Å². The van der Waals surface area contributed by atoms with E-state index >= 15 is 0 Å². The zero-order valence-electron chi connectivity index (χ0n) is 23.9. The Morgan fingerprint density at radius 2 is 1.39 bits per heavy atom. The number of Topliss-reactive ketones (excluding diaryl/α,β-unsaturated/α-hetero) is 1. The maximum Gasteiger partial charge on any atom is 0.323 e. The van der Waals surface area contributed by atoms with E-state index in [0.717, 1.165) is 9.80 Å². The number of carbonyl (C=O) groups excluding carboxylic acids is 4. The first-order valence-electron chi connectivity index (χ1n) is 13.6. The lowest BCUT2D eigenvalue weighted by Crippen LogP contribution is -2.72. The molecule has 0 aromatic heterocycles. The highest BCUT2D eigenvalue weighted by molar-refractivity contribution is 6.16. The van der Waals surface area contributed by atoms with Gasteiger partial charge in [0.1, 0.15) is 6.54 Å². The maximum absolute atomic E-state index is 13.8. The summed E-state index contributed by atoms with van der Waals surface area (Å²) in [7, 11) is 0. The SMILES string of the molecule is NCC(=O)C1(CCCCNC(=O)c2ccc(N=C(N)N)cc2)C(=O)N(CC(=O)O)CCN1C(=O)c1ccc(N=C(N)N)cc1. The van der Waals surface area contributed by atoms with E-state index in [0.29, 0.717) is 23.4 Å². The van der Waals surface area contributed by atoms with Crippen LogP contribution in [0.25, 0.3) is 0 Å². The molecule has 0 bridgehead atoms. The average Bonchev–Trinajstić information content (AvgIpc) is 2.97. The number of rotatable bonds is 13. The number of nitrogens with zero attached hydrogens (tertiary/aromatic N) is 4. The molecule has 1 aliphatic rings. The van der Waals surface area contributed by atoms with Gasteiger partial charge in [0.25, 0.3) is 17.7 Å². The Bertz CT molecular complexity index is 1450. The second-order valence-corrected chi connectivity index (χ2v) is 9.94. The normalized spacial score (nSPS) is 16.2. The number of benzene rings is 2. The Hall–Kier alpha value is -5.51. The molecule has 1 fully saturated rings. The van der Waals surface area contributed by atoms with Crippen LogP contribution in [0.2, 0.25) is 0 Å². The third-order valence-corrected chi connectivity index (χ3v) is 6.92. The summed E-state index contributed by atoms with van der Waals surface area (Å²) >= 11 is 0. The van der Waals surface area contributed by atoms with Crippen molar-refractivity contribution in [3.05, 3.63) is 59.7 Å². The zero-order chi connectivity index (χ0) is 32.4. The molecule has 0 saturated carbocycles. The fourth-order valence-electron chi connectivity index (χ4n) is 4.93. The Kier molecular flexibility index (Phi) is 10.9. The minimum atomic E-state index is -2.04. The minimum Gasteiger partial charge on any atom is -0.480 e. The van der Waals surface area contributed by atoms with E-state index in [2.05, 4.69) is 15.3 Å². The van der Waals surface area contributed by atoms with Gasteiger partial charge in [0.05, 0.1) is 17.9 Å². The number of aliphatic carboxylic acids is 1. The first-order chi connectivity index (χ1) is 20.9. The molecular weight excluding hydrogens is 572 g/mol. The molecule has 2 aromatic carbocycles. The number of carboxylic acid groups (broad SMARTS) is 1. The molecule has 234 valence electrons. The molecule has 16 heteroatoms. The standard InChI is InChI=1S/C28H36N10O6/c29-15-21(39)28(11-1-2-12-34-23(42)17-3-7-19(8-4-17)35-26(30)31)25(44)37(16-22(40)41)13-14-38(28)24(43)18-5-9-20(10-6-18)36-27(32)33/h3-10H,1-2,11-16,29H2,(H,34,42)(H,40,41)(H4,30,31,35)(H4,32,33,36). The van der Waals surface area contributed by atoms with Crippen molar-refractivity contribution >= 4 is 52.8 Å². The first kappa shape index (κ1) is 33.0. The van der Waals surface area contributed by atoms with Crippen molar-refractivity contribution < 1.29 is 29.1 Å². The van der Waals surface area contributed by atoms with Crippen molar-refractivity contribution in [2.45, 2.75) is 24.8 Å². The van der Waals surface area contributed by atoms with Gasteiger partial charge in [0, 0.05) is 30.8 Å². The molecule has 1 atom stereocenters. The van der Waals surface area contributed by atoms with Crippen LogP contribution in [-0.2, 0) is 14.4 Å². The van der Waals surface area contributed by atoms with Gasteiger partial charge in [0.15, 0.2) is 23.2 Å². The second kappa shape index (κ2) is 14.6. The summed E-state index contributed by atoms with van der Waals surface area (Å²) in [4.78, 5) is 75.1. The molecule has 0 radical (unpaired) electrons. The molecule has 16 nitrogen and oxygen atoms in total. The van der Waals surface area contributed by atoms with E-state index in [9.17, 15) is 29.1 Å². The van der Waals surface area contributed by atoms with Crippen LogP contribution in [-0.4, -0.2) is 94.6 Å². The van der Waals surface area contributed by atoms with Crippen LogP contribution in [0.3, 0.4) is 0 Å². The minimum absolute atomic E-state index is 0.0966. The Morgan fingerprint density at radius 3 is 1.89 bits per heavy atom. The lowest BCUT2D eigenvalue weighted by Gasteiger charge is -2.48. The van der Waals surface area contributed by atoms with Crippen molar-refractivity contribution in [1.82, 2.24) is 15.1 Å². The van der Waals surface area contributed by atoms with Gasteiger partial charge < -0.3 is 48.9 Å². The fraction of sp³-hybridized carbons (Fsp3) is 0.321. The van der Waals surface area contributed by atoms with Gasteiger partial charge in [-0.2, -0.15) is 0 Å². The highest BCUT2D eigenvalue weighted by atomic mass is 16.4. The number of nitrogens with two attached hydrogens (primary N) is 5. The van der Waals surface area contributed by atoms with Gasteiger partial charge in [-0.3, -0.25) is 24.0 Å².